The number of halogens is 7. The van der Waals surface area contributed by atoms with Crippen LogP contribution in [0.25, 0.3) is 0 Å². The summed E-state index contributed by atoms with van der Waals surface area (Å²) in [5, 5.41) is 9.89. The number of hydrogen-bond donors (Lipinski definition) is 3. The summed E-state index contributed by atoms with van der Waals surface area (Å²) in [5.41, 5.74) is 4.31. The van der Waals surface area contributed by atoms with Gasteiger partial charge < -0.3 is 16.0 Å². The molecular formula is C29H28ClF6N7O5S. The highest BCUT2D eigenvalue weighted by Gasteiger charge is 2.54. The predicted octanol–water partition coefficient (Wildman–Crippen LogP) is 5.36. The van der Waals surface area contributed by atoms with Crippen LogP contribution in [0.4, 0.5) is 55.2 Å². The molecule has 0 unspecified atom stereocenters. The van der Waals surface area contributed by atoms with Gasteiger partial charge in [0.1, 0.15) is 5.02 Å². The van der Waals surface area contributed by atoms with Crippen molar-refractivity contribution in [3.8, 4) is 0 Å². The van der Waals surface area contributed by atoms with Crippen LogP contribution in [0.3, 0.4) is 0 Å². The summed E-state index contributed by atoms with van der Waals surface area (Å²) in [6.07, 6.45) is -2.14. The van der Waals surface area contributed by atoms with Gasteiger partial charge in [0, 0.05) is 37.1 Å². The number of aromatic nitrogens is 3. The Kier molecular flexibility index (Phi) is 11.5. The number of carbonyl (C=O) groups excluding carboxylic acids is 3. The molecule has 1 amide bonds. The van der Waals surface area contributed by atoms with E-state index in [-0.39, 0.29) is 11.8 Å². The van der Waals surface area contributed by atoms with Gasteiger partial charge in [-0.25, -0.2) is 17.7 Å². The first kappa shape index (κ1) is 37.5. The van der Waals surface area contributed by atoms with Crippen LogP contribution in [-0.2, 0) is 37.2 Å². The number of anilines is 5. The van der Waals surface area contributed by atoms with Crippen LogP contribution in [0.2, 0.25) is 5.02 Å². The Morgan fingerprint density at radius 3 is 2.20 bits per heavy atom. The van der Waals surface area contributed by atoms with E-state index in [9.17, 15) is 49.1 Å². The van der Waals surface area contributed by atoms with Crippen molar-refractivity contribution in [3.05, 3.63) is 59.0 Å². The zero-order valence-electron chi connectivity index (χ0n) is 25.5. The van der Waals surface area contributed by atoms with Crippen LogP contribution in [0.1, 0.15) is 30.4 Å². The number of nitrogens with one attached hydrogen (secondary N) is 3. The number of benzene rings is 1. The lowest BCUT2D eigenvalue weighted by Gasteiger charge is -2.29. The first-order valence-corrected chi connectivity index (χ1v) is 16.6. The molecule has 1 saturated heterocycles. The third-order valence-electron chi connectivity index (χ3n) is 7.36. The second-order valence-corrected chi connectivity index (χ2v) is 13.5. The van der Waals surface area contributed by atoms with Gasteiger partial charge in [-0.3, -0.25) is 19.4 Å². The van der Waals surface area contributed by atoms with Crippen molar-refractivity contribution in [2.24, 2.45) is 5.92 Å². The van der Waals surface area contributed by atoms with Gasteiger partial charge in [-0.2, -0.15) is 31.3 Å². The number of amides is 1. The van der Waals surface area contributed by atoms with Gasteiger partial charge in [0.25, 0.3) is 0 Å². The molecule has 264 valence electrons. The van der Waals surface area contributed by atoms with Gasteiger partial charge in [-0.1, -0.05) is 11.6 Å². The van der Waals surface area contributed by atoms with Gasteiger partial charge in [-0.15, -0.1) is 0 Å². The van der Waals surface area contributed by atoms with E-state index < -0.39 is 33.9 Å². The summed E-state index contributed by atoms with van der Waals surface area (Å²) in [4.78, 5) is 45.3. The number of carbonyl (C=O) groups is 3. The standard InChI is InChI=1S/C25H28ClN7O3S.C4F6O2/c1-37(35,36)33-8-6-16(7-9-33)11-23(34)31-22-5-4-19-12-18(22)3-2-17-10-20(14-27-13-17)30-25-28-15-21(26)24(29-19)32-25;5-3(6,7)1(11)2(12)4(8,9)10/h4-5,10,12-16H,2-3,6-9,11H2,1H3,(H,31,34)(H2,28,29,30,32);. The van der Waals surface area contributed by atoms with Crippen LogP contribution >= 0.6 is 11.6 Å². The van der Waals surface area contributed by atoms with Crippen molar-refractivity contribution < 1.29 is 49.1 Å². The van der Waals surface area contributed by atoms with E-state index in [1.54, 1.807) is 6.20 Å². The molecule has 1 aromatic carbocycles. The summed E-state index contributed by atoms with van der Waals surface area (Å²) >= 11 is 6.34. The molecule has 2 aromatic heterocycles. The maximum atomic E-state index is 12.9. The Labute approximate surface area is 280 Å². The van der Waals surface area contributed by atoms with Crippen molar-refractivity contribution in [3.63, 3.8) is 0 Å². The summed E-state index contributed by atoms with van der Waals surface area (Å²) in [5.74, 6) is -5.87. The molecule has 0 aliphatic carbocycles. The van der Waals surface area contributed by atoms with E-state index in [0.717, 1.165) is 34.6 Å². The summed E-state index contributed by atoms with van der Waals surface area (Å²) in [6.45, 7) is 0.912. The zero-order valence-corrected chi connectivity index (χ0v) is 27.0. The van der Waals surface area contributed by atoms with Crippen LogP contribution in [-0.4, -0.2) is 76.8 Å². The molecule has 6 bridgehead atoms. The molecule has 0 saturated carbocycles. The molecule has 12 nitrogen and oxygen atoms in total. The number of sulfonamides is 1. The first-order chi connectivity index (χ1) is 22.8. The zero-order chi connectivity index (χ0) is 36.1. The number of pyridine rings is 1. The molecule has 20 heteroatoms. The molecular weight excluding hydrogens is 708 g/mol. The highest BCUT2D eigenvalue weighted by atomic mass is 35.5. The largest absolute Gasteiger partial charge is 0.458 e. The van der Waals surface area contributed by atoms with Gasteiger partial charge >= 0.3 is 23.9 Å². The van der Waals surface area contributed by atoms with Gasteiger partial charge in [-0.05, 0) is 67.0 Å². The molecule has 4 heterocycles. The first-order valence-electron chi connectivity index (χ1n) is 14.4. The van der Waals surface area contributed by atoms with E-state index in [2.05, 4.69) is 30.9 Å². The average Bonchev–Trinajstić information content (AvgIpc) is 3.01. The predicted molar refractivity (Wildman–Crippen MR) is 166 cm³/mol. The van der Waals surface area contributed by atoms with E-state index in [0.29, 0.717) is 55.6 Å². The summed E-state index contributed by atoms with van der Waals surface area (Å²) < 4.78 is 92.0. The highest BCUT2D eigenvalue weighted by Crippen LogP contribution is 2.30. The quantitative estimate of drug-likeness (QED) is 0.230. The molecule has 0 atom stereocenters. The van der Waals surface area contributed by atoms with E-state index in [1.165, 1.54) is 16.8 Å². The molecule has 49 heavy (non-hydrogen) atoms. The van der Waals surface area contributed by atoms with Gasteiger partial charge in [0.15, 0.2) is 5.82 Å². The van der Waals surface area contributed by atoms with E-state index >= 15 is 0 Å². The van der Waals surface area contributed by atoms with Crippen molar-refractivity contribution >= 4 is 67.9 Å². The summed E-state index contributed by atoms with van der Waals surface area (Å²) in [7, 11) is -3.19. The monoisotopic (exact) mass is 735 g/mol. The third kappa shape index (κ3) is 10.6. The van der Waals surface area contributed by atoms with Crippen molar-refractivity contribution in [1.82, 2.24) is 19.3 Å². The van der Waals surface area contributed by atoms with Gasteiger partial charge in [0.2, 0.25) is 21.9 Å². The van der Waals surface area contributed by atoms with Crippen molar-refractivity contribution in [2.75, 3.05) is 35.3 Å². The van der Waals surface area contributed by atoms with Crippen LogP contribution in [0.5, 0.6) is 0 Å². The lowest BCUT2D eigenvalue weighted by molar-refractivity contribution is -0.193. The molecule has 0 radical (unpaired) electrons. The van der Waals surface area contributed by atoms with Crippen LogP contribution < -0.4 is 16.0 Å². The second-order valence-electron chi connectivity index (χ2n) is 11.1. The Morgan fingerprint density at radius 1 is 0.939 bits per heavy atom. The second kappa shape index (κ2) is 15.0. The lowest BCUT2D eigenvalue weighted by atomic mass is 9.94. The molecule has 2 aliphatic heterocycles. The molecule has 1 fully saturated rings. The molecule has 3 N–H and O–H groups in total. The van der Waals surface area contributed by atoms with E-state index in [4.69, 9.17) is 11.6 Å². The maximum Gasteiger partial charge on any atom is 0.458 e. The average molecular weight is 736 g/mol. The number of rotatable bonds is 5. The third-order valence-corrected chi connectivity index (χ3v) is 8.94. The molecule has 5 rings (SSSR count). The maximum absolute atomic E-state index is 12.9. The minimum Gasteiger partial charge on any atom is -0.339 e. The Morgan fingerprint density at radius 2 is 1.59 bits per heavy atom. The number of aryl methyl sites for hydroxylation is 2. The minimum atomic E-state index is -5.77. The topological polar surface area (TPSA) is 163 Å². The molecule has 0 spiro atoms. The number of fused-ring (bicyclic) bond motifs is 6. The number of ketones is 2. The van der Waals surface area contributed by atoms with Crippen molar-refractivity contribution in [1.29, 1.82) is 0 Å². The number of hydrogen-bond acceptors (Lipinski definition) is 10. The van der Waals surface area contributed by atoms with Crippen LogP contribution in [0.15, 0.2) is 42.9 Å². The lowest BCUT2D eigenvalue weighted by Crippen LogP contribution is -2.39. The smallest absolute Gasteiger partial charge is 0.339 e. The Balaban J connectivity index is 0.000000386. The number of alkyl halides is 6. The number of piperidine rings is 1. The van der Waals surface area contributed by atoms with Crippen LogP contribution in [0, 0.1) is 5.92 Å². The Hall–Kier alpha value is -4.36. The summed E-state index contributed by atoms with van der Waals surface area (Å²) in [6, 6.07) is 7.74. The highest BCUT2D eigenvalue weighted by molar-refractivity contribution is 7.88. The number of nitrogens with zero attached hydrogens (tertiary/aromatic N) is 4. The Bertz CT molecular complexity index is 1810. The molecule has 3 aromatic rings. The van der Waals surface area contributed by atoms with Gasteiger partial charge in [0.05, 0.1) is 24.3 Å². The van der Waals surface area contributed by atoms with Crippen molar-refractivity contribution in [2.45, 2.75) is 44.5 Å². The number of Topliss-reactive ketones (excluding diaryl/α,β-unsaturated/α-hetero) is 2. The fourth-order valence-corrected chi connectivity index (χ4v) is 5.93. The fraction of sp³-hybridized carbons (Fsp3) is 0.379. The van der Waals surface area contributed by atoms with E-state index in [1.807, 2.05) is 30.5 Å². The SMILES string of the molecule is CS(=O)(=O)N1CCC(CC(=O)Nc2ccc3cc2CCc2cncc(c2)Nc2ncc(Cl)c(n2)N3)CC1.O=C(C(=O)C(F)(F)F)C(F)(F)F. The molecule has 2 aliphatic rings. The fourth-order valence-electron chi connectivity index (χ4n) is 4.92. The minimum absolute atomic E-state index is 0.0750. The normalized spacial score (nSPS) is 15.5.